The Morgan fingerprint density at radius 2 is 2.06 bits per heavy atom. The maximum atomic E-state index is 10.5. The molecular formula is C12H19NO2S. The minimum atomic E-state index is -0.723. The molecule has 0 saturated heterocycles. The third-order valence-corrected chi connectivity index (χ3v) is 3.75. The van der Waals surface area contributed by atoms with Crippen LogP contribution in [-0.4, -0.2) is 29.1 Å². The van der Waals surface area contributed by atoms with E-state index in [4.69, 9.17) is 5.11 Å². The van der Waals surface area contributed by atoms with Crippen molar-refractivity contribution >= 4 is 17.3 Å². The van der Waals surface area contributed by atoms with Crippen molar-refractivity contribution < 1.29 is 9.90 Å². The third kappa shape index (κ3) is 4.33. The van der Waals surface area contributed by atoms with Crippen LogP contribution in [0.3, 0.4) is 0 Å². The van der Waals surface area contributed by atoms with Crippen molar-refractivity contribution in [2.75, 3.05) is 13.1 Å². The summed E-state index contributed by atoms with van der Waals surface area (Å²) >= 11 is 1.82. The topological polar surface area (TPSA) is 40.5 Å². The zero-order valence-electron chi connectivity index (χ0n) is 9.90. The minimum absolute atomic E-state index is 0.222. The summed E-state index contributed by atoms with van der Waals surface area (Å²) in [7, 11) is 0. The average molecular weight is 241 g/mol. The quantitative estimate of drug-likeness (QED) is 0.797. The fraction of sp³-hybridized carbons (Fsp3) is 0.583. The number of aryl methyl sites for hydroxylation is 1. The molecule has 0 aliphatic heterocycles. The highest BCUT2D eigenvalue weighted by atomic mass is 32.1. The number of aliphatic carboxylic acids is 1. The number of carboxylic acids is 1. The first-order valence-corrected chi connectivity index (χ1v) is 6.49. The van der Waals surface area contributed by atoms with Gasteiger partial charge in [0.2, 0.25) is 0 Å². The smallest absolute Gasteiger partial charge is 0.304 e. The summed E-state index contributed by atoms with van der Waals surface area (Å²) in [5, 5.41) is 8.64. The molecule has 0 aliphatic rings. The molecule has 4 heteroatoms. The SMILES string of the molecule is CCc1ccc(CN(CC)CCC(=O)O)s1. The first-order valence-electron chi connectivity index (χ1n) is 5.67. The van der Waals surface area contributed by atoms with Crippen LogP contribution >= 0.6 is 11.3 Å². The van der Waals surface area contributed by atoms with Gasteiger partial charge in [0.25, 0.3) is 0 Å². The van der Waals surface area contributed by atoms with Crippen LogP contribution in [0.5, 0.6) is 0 Å². The van der Waals surface area contributed by atoms with Gasteiger partial charge in [0.1, 0.15) is 0 Å². The van der Waals surface area contributed by atoms with Crippen LogP contribution < -0.4 is 0 Å². The van der Waals surface area contributed by atoms with Crippen molar-refractivity contribution in [3.05, 3.63) is 21.9 Å². The second-order valence-electron chi connectivity index (χ2n) is 3.73. The van der Waals surface area contributed by atoms with E-state index in [9.17, 15) is 4.79 Å². The lowest BCUT2D eigenvalue weighted by molar-refractivity contribution is -0.137. The molecule has 0 saturated carbocycles. The Labute approximate surface area is 101 Å². The van der Waals surface area contributed by atoms with E-state index in [1.807, 2.05) is 11.3 Å². The van der Waals surface area contributed by atoms with E-state index in [-0.39, 0.29) is 6.42 Å². The van der Waals surface area contributed by atoms with Crippen molar-refractivity contribution in [3.8, 4) is 0 Å². The van der Waals surface area contributed by atoms with E-state index in [1.54, 1.807) is 0 Å². The molecule has 0 aromatic carbocycles. The van der Waals surface area contributed by atoms with Crippen LogP contribution in [0.15, 0.2) is 12.1 Å². The Balaban J connectivity index is 2.45. The number of hydrogen-bond donors (Lipinski definition) is 1. The van der Waals surface area contributed by atoms with Gasteiger partial charge in [-0.3, -0.25) is 9.69 Å². The molecule has 0 spiro atoms. The molecule has 3 nitrogen and oxygen atoms in total. The molecule has 1 N–H and O–H groups in total. The largest absolute Gasteiger partial charge is 0.481 e. The molecule has 0 aliphatic carbocycles. The molecule has 1 aromatic rings. The second-order valence-corrected chi connectivity index (χ2v) is 4.99. The fourth-order valence-corrected chi connectivity index (χ4v) is 2.52. The second kappa shape index (κ2) is 6.66. The Kier molecular flexibility index (Phi) is 5.49. The van der Waals surface area contributed by atoms with E-state index in [2.05, 4.69) is 30.9 Å². The number of nitrogens with zero attached hydrogens (tertiary/aromatic N) is 1. The highest BCUT2D eigenvalue weighted by Gasteiger charge is 2.07. The Bertz CT molecular complexity index is 336. The summed E-state index contributed by atoms with van der Waals surface area (Å²) in [5.74, 6) is -0.723. The van der Waals surface area contributed by atoms with Crippen molar-refractivity contribution in [1.29, 1.82) is 0 Å². The zero-order chi connectivity index (χ0) is 12.0. The molecular weight excluding hydrogens is 222 g/mol. The molecule has 0 bridgehead atoms. The van der Waals surface area contributed by atoms with E-state index < -0.39 is 5.97 Å². The first-order chi connectivity index (χ1) is 7.65. The van der Waals surface area contributed by atoms with E-state index in [0.29, 0.717) is 6.54 Å². The summed E-state index contributed by atoms with van der Waals surface area (Å²) < 4.78 is 0. The molecule has 1 rings (SSSR count). The molecule has 90 valence electrons. The van der Waals surface area contributed by atoms with Gasteiger partial charge in [0.15, 0.2) is 0 Å². The van der Waals surface area contributed by atoms with Gasteiger partial charge in [-0.1, -0.05) is 13.8 Å². The van der Waals surface area contributed by atoms with Crippen LogP contribution in [0.25, 0.3) is 0 Å². The third-order valence-electron chi connectivity index (χ3n) is 2.53. The van der Waals surface area contributed by atoms with Crippen LogP contribution in [0.2, 0.25) is 0 Å². The summed E-state index contributed by atoms with van der Waals surface area (Å²) in [6, 6.07) is 4.30. The van der Waals surface area contributed by atoms with Crippen LogP contribution in [-0.2, 0) is 17.8 Å². The molecule has 16 heavy (non-hydrogen) atoms. The van der Waals surface area contributed by atoms with Crippen molar-refractivity contribution in [1.82, 2.24) is 4.90 Å². The minimum Gasteiger partial charge on any atom is -0.481 e. The van der Waals surface area contributed by atoms with Gasteiger partial charge in [0, 0.05) is 22.8 Å². The highest BCUT2D eigenvalue weighted by Crippen LogP contribution is 2.18. The summed E-state index contributed by atoms with van der Waals surface area (Å²) in [5.41, 5.74) is 0. The Morgan fingerprint density at radius 3 is 2.56 bits per heavy atom. The molecule has 0 amide bonds. The van der Waals surface area contributed by atoms with Crippen molar-refractivity contribution in [2.45, 2.75) is 33.2 Å². The molecule has 0 unspecified atom stereocenters. The van der Waals surface area contributed by atoms with Gasteiger partial charge in [0.05, 0.1) is 6.42 Å². The predicted molar refractivity (Wildman–Crippen MR) is 66.9 cm³/mol. The monoisotopic (exact) mass is 241 g/mol. The van der Waals surface area contributed by atoms with Crippen LogP contribution in [0.4, 0.5) is 0 Å². The van der Waals surface area contributed by atoms with Gasteiger partial charge in [-0.2, -0.15) is 0 Å². The molecule has 0 fully saturated rings. The number of carboxylic acid groups (broad SMARTS) is 1. The van der Waals surface area contributed by atoms with Crippen molar-refractivity contribution in [3.63, 3.8) is 0 Å². The molecule has 1 heterocycles. The van der Waals surface area contributed by atoms with Gasteiger partial charge >= 0.3 is 5.97 Å². The fourth-order valence-electron chi connectivity index (χ4n) is 1.52. The number of carbonyl (C=O) groups is 1. The Morgan fingerprint density at radius 1 is 1.38 bits per heavy atom. The number of rotatable bonds is 7. The first kappa shape index (κ1) is 13.2. The lowest BCUT2D eigenvalue weighted by Gasteiger charge is -2.18. The van der Waals surface area contributed by atoms with Crippen LogP contribution in [0.1, 0.15) is 30.0 Å². The standard InChI is InChI=1S/C12H19NO2S/c1-3-10-5-6-11(16-10)9-13(4-2)8-7-12(14)15/h5-6H,3-4,7-9H2,1-2H3,(H,14,15). The molecule has 1 aromatic heterocycles. The maximum Gasteiger partial charge on any atom is 0.304 e. The Hall–Kier alpha value is -0.870. The van der Waals surface area contributed by atoms with Gasteiger partial charge in [-0.15, -0.1) is 11.3 Å². The summed E-state index contributed by atoms with van der Waals surface area (Å²) in [6.07, 6.45) is 1.30. The molecule has 0 radical (unpaired) electrons. The van der Waals surface area contributed by atoms with Gasteiger partial charge < -0.3 is 5.11 Å². The highest BCUT2D eigenvalue weighted by molar-refractivity contribution is 7.11. The normalized spacial score (nSPS) is 10.9. The zero-order valence-corrected chi connectivity index (χ0v) is 10.7. The average Bonchev–Trinajstić information content (AvgIpc) is 2.71. The van der Waals surface area contributed by atoms with E-state index in [1.165, 1.54) is 9.75 Å². The lowest BCUT2D eigenvalue weighted by Crippen LogP contribution is -2.25. The predicted octanol–water partition coefficient (Wildman–Crippen LogP) is 2.61. The summed E-state index contributed by atoms with van der Waals surface area (Å²) in [4.78, 5) is 15.4. The van der Waals surface area contributed by atoms with E-state index >= 15 is 0 Å². The number of thiophene rings is 1. The van der Waals surface area contributed by atoms with Gasteiger partial charge in [-0.05, 0) is 25.1 Å². The van der Waals surface area contributed by atoms with Crippen LogP contribution in [0, 0.1) is 0 Å². The van der Waals surface area contributed by atoms with E-state index in [0.717, 1.165) is 19.5 Å². The van der Waals surface area contributed by atoms with Gasteiger partial charge in [-0.25, -0.2) is 0 Å². The number of hydrogen-bond acceptors (Lipinski definition) is 3. The van der Waals surface area contributed by atoms with Crippen molar-refractivity contribution in [2.24, 2.45) is 0 Å². The maximum absolute atomic E-state index is 10.5. The molecule has 0 atom stereocenters. The lowest BCUT2D eigenvalue weighted by atomic mass is 10.3. The summed E-state index contributed by atoms with van der Waals surface area (Å²) in [6.45, 7) is 6.61.